The number of nitrogens with two attached hydrogens (primary N) is 2. The van der Waals surface area contributed by atoms with Gasteiger partial charge in [-0.1, -0.05) is 12.1 Å². The van der Waals surface area contributed by atoms with E-state index < -0.39 is 17.7 Å². The second kappa shape index (κ2) is 7.09. The third kappa shape index (κ3) is 3.47. The third-order valence-corrected chi connectivity index (χ3v) is 4.09. The molecule has 6 heteroatoms. The maximum absolute atomic E-state index is 14.2. The maximum atomic E-state index is 14.2. The molecule has 0 aliphatic heterocycles. The first-order chi connectivity index (χ1) is 10.1. The van der Waals surface area contributed by atoms with Crippen molar-refractivity contribution in [2.24, 2.45) is 11.5 Å². The summed E-state index contributed by atoms with van der Waals surface area (Å²) in [7, 11) is 0. The van der Waals surface area contributed by atoms with E-state index in [0.29, 0.717) is 18.8 Å². The Morgan fingerprint density at radius 1 is 1.29 bits per heavy atom. The first kappa shape index (κ1) is 16.0. The molecule has 1 aromatic carbocycles. The van der Waals surface area contributed by atoms with Crippen LogP contribution in [-0.4, -0.2) is 13.2 Å². The summed E-state index contributed by atoms with van der Waals surface area (Å²) < 4.78 is 33.6. The Labute approximate surface area is 126 Å². The van der Waals surface area contributed by atoms with E-state index in [4.69, 9.17) is 16.2 Å². The number of rotatable bonds is 6. The molecule has 1 unspecified atom stereocenters. The molecular weight excluding hydrogens is 294 g/mol. The Morgan fingerprint density at radius 2 is 2.05 bits per heavy atom. The number of thiophene rings is 1. The van der Waals surface area contributed by atoms with E-state index in [9.17, 15) is 8.78 Å². The molecule has 1 aromatic heterocycles. The standard InChI is InChI=1S/C15H18F2N2OS/c1-2-20-7-10-5-9(8-21-10)11-3-4-12(13(19)6-18)15(17)14(11)16/h3-5,8,13H,2,6-7,18-19H2,1H3. The highest BCUT2D eigenvalue weighted by molar-refractivity contribution is 7.10. The van der Waals surface area contributed by atoms with E-state index >= 15 is 0 Å². The van der Waals surface area contributed by atoms with Crippen LogP contribution < -0.4 is 11.5 Å². The topological polar surface area (TPSA) is 61.3 Å². The van der Waals surface area contributed by atoms with Gasteiger partial charge in [-0.25, -0.2) is 8.78 Å². The number of ether oxygens (including phenoxy) is 1. The summed E-state index contributed by atoms with van der Waals surface area (Å²) in [5, 5.41) is 1.79. The molecule has 3 nitrogen and oxygen atoms in total. The first-order valence-corrected chi connectivity index (χ1v) is 7.55. The number of hydrogen-bond donors (Lipinski definition) is 2. The summed E-state index contributed by atoms with van der Waals surface area (Å²) in [5.41, 5.74) is 12.0. The molecule has 0 spiro atoms. The minimum Gasteiger partial charge on any atom is -0.376 e. The predicted octanol–water partition coefficient (Wildman–Crippen LogP) is 3.19. The van der Waals surface area contributed by atoms with Gasteiger partial charge < -0.3 is 16.2 Å². The molecule has 0 saturated heterocycles. The van der Waals surface area contributed by atoms with E-state index in [1.165, 1.54) is 23.5 Å². The van der Waals surface area contributed by atoms with E-state index in [1.807, 2.05) is 6.92 Å². The highest BCUT2D eigenvalue weighted by Crippen LogP contribution is 2.31. The number of hydrogen-bond acceptors (Lipinski definition) is 4. The molecule has 0 saturated carbocycles. The lowest BCUT2D eigenvalue weighted by Gasteiger charge is -2.12. The molecule has 0 radical (unpaired) electrons. The molecule has 2 rings (SSSR count). The van der Waals surface area contributed by atoms with Gasteiger partial charge in [0.2, 0.25) is 0 Å². The lowest BCUT2D eigenvalue weighted by Crippen LogP contribution is -2.22. The first-order valence-electron chi connectivity index (χ1n) is 6.67. The maximum Gasteiger partial charge on any atom is 0.167 e. The van der Waals surface area contributed by atoms with Crippen molar-refractivity contribution >= 4 is 11.3 Å². The fourth-order valence-corrected chi connectivity index (χ4v) is 2.82. The van der Waals surface area contributed by atoms with Crippen molar-refractivity contribution < 1.29 is 13.5 Å². The van der Waals surface area contributed by atoms with E-state index in [0.717, 1.165) is 4.88 Å². The third-order valence-electron chi connectivity index (χ3n) is 3.18. The SMILES string of the molecule is CCOCc1cc(-c2ccc(C(N)CN)c(F)c2F)cs1. The van der Waals surface area contributed by atoms with Crippen LogP contribution in [0.3, 0.4) is 0 Å². The van der Waals surface area contributed by atoms with Gasteiger partial charge in [-0.15, -0.1) is 11.3 Å². The minimum atomic E-state index is -0.928. The number of halogens is 2. The van der Waals surface area contributed by atoms with Crippen LogP contribution in [0.5, 0.6) is 0 Å². The van der Waals surface area contributed by atoms with Gasteiger partial charge in [0.15, 0.2) is 11.6 Å². The fourth-order valence-electron chi connectivity index (χ4n) is 2.00. The van der Waals surface area contributed by atoms with Crippen LogP contribution in [-0.2, 0) is 11.3 Å². The summed E-state index contributed by atoms with van der Waals surface area (Å²) in [6.07, 6.45) is 0. The quantitative estimate of drug-likeness (QED) is 0.861. The van der Waals surface area contributed by atoms with Crippen molar-refractivity contribution in [2.45, 2.75) is 19.6 Å². The Morgan fingerprint density at radius 3 is 2.71 bits per heavy atom. The van der Waals surface area contributed by atoms with Crippen LogP contribution in [0.1, 0.15) is 23.4 Å². The molecule has 4 N–H and O–H groups in total. The smallest absolute Gasteiger partial charge is 0.167 e. The van der Waals surface area contributed by atoms with Gasteiger partial charge in [-0.3, -0.25) is 0 Å². The van der Waals surface area contributed by atoms with Gasteiger partial charge in [0.1, 0.15) is 0 Å². The summed E-state index contributed by atoms with van der Waals surface area (Å²) in [4.78, 5) is 0.967. The lowest BCUT2D eigenvalue weighted by molar-refractivity contribution is 0.136. The van der Waals surface area contributed by atoms with E-state index in [2.05, 4.69) is 0 Å². The van der Waals surface area contributed by atoms with Gasteiger partial charge >= 0.3 is 0 Å². The van der Waals surface area contributed by atoms with Gasteiger partial charge in [0.25, 0.3) is 0 Å². The van der Waals surface area contributed by atoms with Crippen molar-refractivity contribution in [3.8, 4) is 11.1 Å². The Bertz CT molecular complexity index is 616. The van der Waals surface area contributed by atoms with Crippen molar-refractivity contribution in [1.29, 1.82) is 0 Å². The van der Waals surface area contributed by atoms with Crippen LogP contribution in [0, 0.1) is 11.6 Å². The summed E-state index contributed by atoms with van der Waals surface area (Å²) in [5.74, 6) is -1.82. The monoisotopic (exact) mass is 312 g/mol. The van der Waals surface area contributed by atoms with Crippen LogP contribution in [0.25, 0.3) is 11.1 Å². The molecule has 0 amide bonds. The molecule has 21 heavy (non-hydrogen) atoms. The normalized spacial score (nSPS) is 12.6. The molecule has 1 atom stereocenters. The molecular formula is C15H18F2N2OS. The van der Waals surface area contributed by atoms with E-state index in [-0.39, 0.29) is 17.7 Å². The Balaban J connectivity index is 2.32. The highest BCUT2D eigenvalue weighted by Gasteiger charge is 2.18. The predicted molar refractivity (Wildman–Crippen MR) is 81.0 cm³/mol. The largest absolute Gasteiger partial charge is 0.376 e. The van der Waals surface area contributed by atoms with Gasteiger partial charge in [0, 0.05) is 35.2 Å². The zero-order chi connectivity index (χ0) is 15.4. The van der Waals surface area contributed by atoms with Crippen molar-refractivity contribution in [3.63, 3.8) is 0 Å². The Kier molecular flexibility index (Phi) is 5.41. The molecule has 114 valence electrons. The summed E-state index contributed by atoms with van der Waals surface area (Å²) in [6, 6.07) is 4.13. The summed E-state index contributed by atoms with van der Waals surface area (Å²) in [6.45, 7) is 3.05. The van der Waals surface area contributed by atoms with Gasteiger partial charge in [-0.05, 0) is 23.9 Å². The fraction of sp³-hybridized carbons (Fsp3) is 0.333. The molecule has 0 aliphatic rings. The molecule has 0 fully saturated rings. The summed E-state index contributed by atoms with van der Waals surface area (Å²) >= 11 is 1.46. The zero-order valence-electron chi connectivity index (χ0n) is 11.7. The molecule has 2 aromatic rings. The molecule has 0 aliphatic carbocycles. The van der Waals surface area contributed by atoms with Crippen LogP contribution in [0.15, 0.2) is 23.6 Å². The van der Waals surface area contributed by atoms with Crippen LogP contribution in [0.2, 0.25) is 0 Å². The second-order valence-corrected chi connectivity index (χ2v) is 5.61. The molecule has 1 heterocycles. The van der Waals surface area contributed by atoms with Crippen molar-refractivity contribution in [2.75, 3.05) is 13.2 Å². The van der Waals surface area contributed by atoms with Crippen LogP contribution in [0.4, 0.5) is 8.78 Å². The second-order valence-electron chi connectivity index (χ2n) is 4.61. The van der Waals surface area contributed by atoms with Crippen molar-refractivity contribution in [1.82, 2.24) is 0 Å². The molecule has 0 bridgehead atoms. The average molecular weight is 312 g/mol. The van der Waals surface area contributed by atoms with Gasteiger partial charge in [0.05, 0.1) is 6.61 Å². The van der Waals surface area contributed by atoms with Gasteiger partial charge in [-0.2, -0.15) is 0 Å². The van der Waals surface area contributed by atoms with Crippen LogP contribution >= 0.6 is 11.3 Å². The van der Waals surface area contributed by atoms with E-state index in [1.54, 1.807) is 11.4 Å². The zero-order valence-corrected chi connectivity index (χ0v) is 12.6. The number of benzene rings is 1. The van der Waals surface area contributed by atoms with Crippen molar-refractivity contribution in [3.05, 3.63) is 45.7 Å². The highest BCUT2D eigenvalue weighted by atomic mass is 32.1. The minimum absolute atomic E-state index is 0.0622. The average Bonchev–Trinajstić information content (AvgIpc) is 2.95. The Hall–Kier alpha value is -1.34. The lowest BCUT2D eigenvalue weighted by atomic mass is 10.0.